The molecule has 16 heavy (non-hydrogen) atoms. The maximum Gasteiger partial charge on any atom is 0.0657 e. The van der Waals surface area contributed by atoms with Crippen molar-refractivity contribution in [3.63, 3.8) is 0 Å². The van der Waals surface area contributed by atoms with Crippen molar-refractivity contribution in [3.8, 4) is 0 Å². The van der Waals surface area contributed by atoms with Crippen LogP contribution in [-0.2, 0) is 6.54 Å². The van der Waals surface area contributed by atoms with Crippen LogP contribution in [0.5, 0.6) is 0 Å². The largest absolute Gasteiger partial charge is 0.271 e. The van der Waals surface area contributed by atoms with E-state index in [0.717, 1.165) is 6.54 Å². The predicted octanol–water partition coefficient (Wildman–Crippen LogP) is 1.99. The first-order valence-corrected chi connectivity index (χ1v) is 6.34. The molecular formula is C12H22N4. The van der Waals surface area contributed by atoms with Gasteiger partial charge >= 0.3 is 0 Å². The first-order chi connectivity index (χ1) is 7.86. The number of nitrogens with zero attached hydrogens (tertiary/aromatic N) is 2. The fourth-order valence-corrected chi connectivity index (χ4v) is 2.80. The first kappa shape index (κ1) is 11.6. The SMILES string of the molecule is CCn1nccc1C(NN)C1CCCCC1. The second-order valence-corrected chi connectivity index (χ2v) is 4.61. The van der Waals surface area contributed by atoms with E-state index in [-0.39, 0.29) is 6.04 Å². The minimum atomic E-state index is 0.266. The summed E-state index contributed by atoms with van der Waals surface area (Å²) in [4.78, 5) is 0. The molecule has 0 aromatic carbocycles. The van der Waals surface area contributed by atoms with Gasteiger partial charge in [-0.15, -0.1) is 0 Å². The van der Waals surface area contributed by atoms with Crippen LogP contribution in [0.3, 0.4) is 0 Å². The summed E-state index contributed by atoms with van der Waals surface area (Å²) in [7, 11) is 0. The molecule has 1 unspecified atom stereocenters. The minimum Gasteiger partial charge on any atom is -0.271 e. The van der Waals surface area contributed by atoms with Gasteiger partial charge in [-0.25, -0.2) is 0 Å². The Morgan fingerprint density at radius 3 is 2.88 bits per heavy atom. The van der Waals surface area contributed by atoms with Crippen molar-refractivity contribution in [2.45, 2.75) is 51.6 Å². The zero-order valence-electron chi connectivity index (χ0n) is 10.0. The number of aryl methyl sites for hydroxylation is 1. The molecule has 0 bridgehead atoms. The molecule has 0 aliphatic heterocycles. The van der Waals surface area contributed by atoms with Crippen LogP contribution in [0, 0.1) is 5.92 Å². The Morgan fingerprint density at radius 1 is 1.50 bits per heavy atom. The van der Waals surface area contributed by atoms with Gasteiger partial charge in [0.15, 0.2) is 0 Å². The smallest absolute Gasteiger partial charge is 0.0657 e. The van der Waals surface area contributed by atoms with Crippen LogP contribution >= 0.6 is 0 Å². The van der Waals surface area contributed by atoms with Crippen molar-refractivity contribution in [2.24, 2.45) is 11.8 Å². The van der Waals surface area contributed by atoms with Gasteiger partial charge in [-0.05, 0) is 31.7 Å². The third-order valence-corrected chi connectivity index (χ3v) is 3.67. The molecule has 1 aliphatic carbocycles. The molecule has 4 nitrogen and oxygen atoms in total. The lowest BCUT2D eigenvalue weighted by Crippen LogP contribution is -2.36. The van der Waals surface area contributed by atoms with Gasteiger partial charge in [0, 0.05) is 12.7 Å². The van der Waals surface area contributed by atoms with Crippen LogP contribution in [0.2, 0.25) is 0 Å². The summed E-state index contributed by atoms with van der Waals surface area (Å²) in [6, 6.07) is 2.35. The summed E-state index contributed by atoms with van der Waals surface area (Å²) in [5.41, 5.74) is 4.22. The number of hydrazine groups is 1. The van der Waals surface area contributed by atoms with Crippen molar-refractivity contribution < 1.29 is 0 Å². The van der Waals surface area contributed by atoms with Crippen LogP contribution in [0.4, 0.5) is 0 Å². The molecule has 2 rings (SSSR count). The number of nitrogens with two attached hydrogens (primary N) is 1. The molecule has 4 heteroatoms. The van der Waals surface area contributed by atoms with E-state index in [1.807, 2.05) is 10.9 Å². The van der Waals surface area contributed by atoms with Gasteiger partial charge in [-0.2, -0.15) is 5.10 Å². The second kappa shape index (κ2) is 5.46. The summed E-state index contributed by atoms with van der Waals surface area (Å²) in [5, 5.41) is 4.32. The van der Waals surface area contributed by atoms with Crippen molar-refractivity contribution in [2.75, 3.05) is 0 Å². The van der Waals surface area contributed by atoms with E-state index in [1.165, 1.54) is 37.8 Å². The van der Waals surface area contributed by atoms with E-state index < -0.39 is 0 Å². The molecule has 1 aromatic heterocycles. The molecule has 0 radical (unpaired) electrons. The van der Waals surface area contributed by atoms with Crippen molar-refractivity contribution in [1.82, 2.24) is 15.2 Å². The predicted molar refractivity (Wildman–Crippen MR) is 64.5 cm³/mol. The molecule has 1 aliphatic rings. The molecule has 1 atom stereocenters. The van der Waals surface area contributed by atoms with E-state index in [0.29, 0.717) is 5.92 Å². The first-order valence-electron chi connectivity index (χ1n) is 6.34. The van der Waals surface area contributed by atoms with Gasteiger partial charge in [-0.1, -0.05) is 19.3 Å². The highest BCUT2D eigenvalue weighted by Gasteiger charge is 2.26. The van der Waals surface area contributed by atoms with Crippen LogP contribution < -0.4 is 11.3 Å². The van der Waals surface area contributed by atoms with Gasteiger partial charge in [0.2, 0.25) is 0 Å². The quantitative estimate of drug-likeness (QED) is 0.605. The Bertz CT molecular complexity index is 315. The molecule has 1 aromatic rings. The number of nitrogens with one attached hydrogen (secondary N) is 1. The maximum absolute atomic E-state index is 5.73. The Balaban J connectivity index is 2.14. The molecule has 1 heterocycles. The van der Waals surface area contributed by atoms with Gasteiger partial charge in [0.1, 0.15) is 0 Å². The Labute approximate surface area is 97.2 Å². The molecule has 90 valence electrons. The van der Waals surface area contributed by atoms with Gasteiger partial charge < -0.3 is 0 Å². The summed E-state index contributed by atoms with van der Waals surface area (Å²) in [6.45, 7) is 3.03. The molecule has 1 fully saturated rings. The lowest BCUT2D eigenvalue weighted by atomic mass is 9.83. The molecule has 0 spiro atoms. The third-order valence-electron chi connectivity index (χ3n) is 3.67. The van der Waals surface area contributed by atoms with Crippen molar-refractivity contribution >= 4 is 0 Å². The molecular weight excluding hydrogens is 200 g/mol. The zero-order chi connectivity index (χ0) is 11.4. The minimum absolute atomic E-state index is 0.266. The monoisotopic (exact) mass is 222 g/mol. The molecule has 1 saturated carbocycles. The van der Waals surface area contributed by atoms with E-state index in [2.05, 4.69) is 23.5 Å². The van der Waals surface area contributed by atoms with E-state index >= 15 is 0 Å². The topological polar surface area (TPSA) is 55.9 Å². The summed E-state index contributed by atoms with van der Waals surface area (Å²) in [6.07, 6.45) is 8.48. The van der Waals surface area contributed by atoms with Crippen LogP contribution in [-0.4, -0.2) is 9.78 Å². The van der Waals surface area contributed by atoms with E-state index in [1.54, 1.807) is 0 Å². The van der Waals surface area contributed by atoms with Gasteiger partial charge in [0.05, 0.1) is 11.7 Å². The Morgan fingerprint density at radius 2 is 2.25 bits per heavy atom. The Kier molecular flexibility index (Phi) is 3.96. The van der Waals surface area contributed by atoms with Crippen molar-refractivity contribution in [1.29, 1.82) is 0 Å². The summed E-state index contributed by atoms with van der Waals surface area (Å²) >= 11 is 0. The van der Waals surface area contributed by atoms with Gasteiger partial charge in [0.25, 0.3) is 0 Å². The average molecular weight is 222 g/mol. The van der Waals surface area contributed by atoms with Gasteiger partial charge in [-0.3, -0.25) is 16.0 Å². The summed E-state index contributed by atoms with van der Waals surface area (Å²) < 4.78 is 2.04. The standard InChI is InChI=1S/C12H22N4/c1-2-16-11(8-9-14-16)12(15-13)10-6-4-3-5-7-10/h8-10,12,15H,2-7,13H2,1H3. The number of rotatable bonds is 4. The number of hydrogen-bond donors (Lipinski definition) is 2. The van der Waals surface area contributed by atoms with Crippen molar-refractivity contribution in [3.05, 3.63) is 18.0 Å². The van der Waals surface area contributed by atoms with Crippen LogP contribution in [0.15, 0.2) is 12.3 Å². The normalized spacial score (nSPS) is 19.9. The zero-order valence-corrected chi connectivity index (χ0v) is 10.0. The van der Waals surface area contributed by atoms with E-state index in [4.69, 9.17) is 5.84 Å². The fraction of sp³-hybridized carbons (Fsp3) is 0.750. The third kappa shape index (κ3) is 2.28. The highest BCUT2D eigenvalue weighted by molar-refractivity contribution is 5.08. The molecule has 3 N–H and O–H groups in total. The number of aromatic nitrogens is 2. The lowest BCUT2D eigenvalue weighted by molar-refractivity contribution is 0.263. The molecule has 0 amide bonds. The van der Waals surface area contributed by atoms with Crippen LogP contribution in [0.1, 0.15) is 50.8 Å². The molecule has 0 saturated heterocycles. The summed E-state index contributed by atoms with van der Waals surface area (Å²) in [5.74, 6) is 6.39. The second-order valence-electron chi connectivity index (χ2n) is 4.61. The maximum atomic E-state index is 5.73. The highest BCUT2D eigenvalue weighted by Crippen LogP contribution is 2.33. The lowest BCUT2D eigenvalue weighted by Gasteiger charge is -2.30. The number of hydrogen-bond acceptors (Lipinski definition) is 3. The Hall–Kier alpha value is -0.870. The average Bonchev–Trinajstić information content (AvgIpc) is 2.80. The highest BCUT2D eigenvalue weighted by atomic mass is 15.3. The van der Waals surface area contributed by atoms with E-state index in [9.17, 15) is 0 Å². The van der Waals surface area contributed by atoms with Crippen LogP contribution in [0.25, 0.3) is 0 Å². The fourth-order valence-electron chi connectivity index (χ4n) is 2.80.